The minimum absolute atomic E-state index is 0.185. The summed E-state index contributed by atoms with van der Waals surface area (Å²) < 4.78 is 19.0. The molecular weight excluding hydrogens is 229 g/mol. The Morgan fingerprint density at radius 1 is 1.28 bits per heavy atom. The monoisotopic (exact) mass is 247 g/mol. The number of hydrogen-bond donors (Lipinski definition) is 1. The average Bonchev–Trinajstić information content (AvgIpc) is 2.82. The van der Waals surface area contributed by atoms with Crippen LogP contribution in [-0.2, 0) is 0 Å². The van der Waals surface area contributed by atoms with Gasteiger partial charge < -0.3 is 9.73 Å². The van der Waals surface area contributed by atoms with Gasteiger partial charge in [0.25, 0.3) is 0 Å². The van der Waals surface area contributed by atoms with Crippen LogP contribution in [-0.4, -0.2) is 6.54 Å². The van der Waals surface area contributed by atoms with E-state index in [4.69, 9.17) is 4.42 Å². The molecule has 0 fully saturated rings. The second kappa shape index (κ2) is 5.36. The molecule has 0 amide bonds. The first-order chi connectivity index (χ1) is 8.61. The van der Waals surface area contributed by atoms with Crippen molar-refractivity contribution in [3.05, 3.63) is 47.5 Å². The van der Waals surface area contributed by atoms with Gasteiger partial charge in [0.1, 0.15) is 17.3 Å². The molecule has 0 saturated heterocycles. The molecule has 0 saturated carbocycles. The van der Waals surface area contributed by atoms with Gasteiger partial charge in [0.05, 0.1) is 6.04 Å². The molecule has 0 bridgehead atoms. The normalized spacial score (nSPS) is 12.7. The molecule has 3 heteroatoms. The predicted molar refractivity (Wildman–Crippen MR) is 70.9 cm³/mol. The van der Waals surface area contributed by atoms with E-state index in [1.165, 1.54) is 6.07 Å². The van der Waals surface area contributed by atoms with Crippen molar-refractivity contribution in [1.29, 1.82) is 0 Å². The van der Waals surface area contributed by atoms with Crippen molar-refractivity contribution in [2.24, 2.45) is 0 Å². The Labute approximate surface area is 107 Å². The highest BCUT2D eigenvalue weighted by molar-refractivity contribution is 5.58. The molecule has 1 heterocycles. The number of halogens is 1. The Hall–Kier alpha value is -1.61. The van der Waals surface area contributed by atoms with Gasteiger partial charge >= 0.3 is 0 Å². The van der Waals surface area contributed by atoms with E-state index < -0.39 is 0 Å². The van der Waals surface area contributed by atoms with Crippen molar-refractivity contribution in [2.75, 3.05) is 6.54 Å². The van der Waals surface area contributed by atoms with E-state index in [0.29, 0.717) is 5.56 Å². The lowest BCUT2D eigenvalue weighted by atomic mass is 10.1. The smallest absolute Gasteiger partial charge is 0.134 e. The maximum atomic E-state index is 13.2. The summed E-state index contributed by atoms with van der Waals surface area (Å²) in [5.74, 6) is 1.48. The highest BCUT2D eigenvalue weighted by Gasteiger charge is 2.11. The van der Waals surface area contributed by atoms with E-state index in [-0.39, 0.29) is 11.9 Å². The first-order valence-electron chi connectivity index (χ1n) is 6.21. The first kappa shape index (κ1) is 12.8. The lowest BCUT2D eigenvalue weighted by molar-refractivity contribution is 0.445. The highest BCUT2D eigenvalue weighted by atomic mass is 19.1. The zero-order valence-electron chi connectivity index (χ0n) is 11.0. The number of rotatable bonds is 4. The molecule has 0 spiro atoms. The fourth-order valence-corrected chi connectivity index (χ4v) is 1.95. The molecule has 1 aromatic carbocycles. The Balaban J connectivity index is 2.26. The number of nitrogens with one attached hydrogen (secondary N) is 1. The van der Waals surface area contributed by atoms with Crippen molar-refractivity contribution in [3.63, 3.8) is 0 Å². The van der Waals surface area contributed by atoms with Crippen LogP contribution in [0.1, 0.15) is 31.2 Å². The summed E-state index contributed by atoms with van der Waals surface area (Å²) in [6, 6.07) is 9.08. The lowest BCUT2D eigenvalue weighted by Crippen LogP contribution is -2.16. The van der Waals surface area contributed by atoms with E-state index >= 15 is 0 Å². The molecule has 1 unspecified atom stereocenters. The van der Waals surface area contributed by atoms with E-state index in [1.54, 1.807) is 19.1 Å². The van der Waals surface area contributed by atoms with E-state index in [9.17, 15) is 4.39 Å². The largest absolute Gasteiger partial charge is 0.459 e. The van der Waals surface area contributed by atoms with Gasteiger partial charge in [0, 0.05) is 5.56 Å². The molecule has 2 rings (SSSR count). The topological polar surface area (TPSA) is 25.2 Å². The fourth-order valence-electron chi connectivity index (χ4n) is 1.95. The molecule has 0 radical (unpaired) electrons. The summed E-state index contributed by atoms with van der Waals surface area (Å²) in [5, 5.41) is 3.29. The van der Waals surface area contributed by atoms with Crippen LogP contribution in [0, 0.1) is 12.7 Å². The van der Waals surface area contributed by atoms with Crippen LogP contribution in [0.15, 0.2) is 34.7 Å². The zero-order valence-corrected chi connectivity index (χ0v) is 11.0. The third-order valence-corrected chi connectivity index (χ3v) is 3.01. The van der Waals surface area contributed by atoms with Gasteiger partial charge in [-0.3, -0.25) is 0 Å². The van der Waals surface area contributed by atoms with Gasteiger partial charge in [-0.05, 0) is 56.3 Å². The van der Waals surface area contributed by atoms with Crippen molar-refractivity contribution in [1.82, 2.24) is 5.32 Å². The van der Waals surface area contributed by atoms with Crippen LogP contribution >= 0.6 is 0 Å². The third-order valence-electron chi connectivity index (χ3n) is 3.01. The van der Waals surface area contributed by atoms with E-state index in [2.05, 4.69) is 19.2 Å². The molecule has 0 aliphatic carbocycles. The highest BCUT2D eigenvalue weighted by Crippen LogP contribution is 2.26. The number of benzene rings is 1. The van der Waals surface area contributed by atoms with Gasteiger partial charge in [-0.1, -0.05) is 6.92 Å². The molecule has 1 N–H and O–H groups in total. The molecule has 0 aliphatic heterocycles. The molecular formula is C15H18FNO. The molecule has 2 nitrogen and oxygen atoms in total. The quantitative estimate of drug-likeness (QED) is 0.881. The Morgan fingerprint density at radius 2 is 2.06 bits per heavy atom. The molecule has 1 aromatic heterocycles. The van der Waals surface area contributed by atoms with Crippen LogP contribution < -0.4 is 5.32 Å². The van der Waals surface area contributed by atoms with Crippen molar-refractivity contribution >= 4 is 0 Å². The summed E-state index contributed by atoms with van der Waals surface area (Å²) in [4.78, 5) is 0. The predicted octanol–water partition coefficient (Wildman–Crippen LogP) is 4.06. The molecule has 0 aliphatic rings. The van der Waals surface area contributed by atoms with Gasteiger partial charge in [-0.2, -0.15) is 0 Å². The Bertz CT molecular complexity index is 533. The maximum Gasteiger partial charge on any atom is 0.134 e. The number of hydrogen-bond acceptors (Lipinski definition) is 2. The van der Waals surface area contributed by atoms with Crippen molar-refractivity contribution in [3.8, 4) is 11.3 Å². The fraction of sp³-hybridized carbons (Fsp3) is 0.333. The van der Waals surface area contributed by atoms with Crippen LogP contribution in [0.2, 0.25) is 0 Å². The summed E-state index contributed by atoms with van der Waals surface area (Å²) >= 11 is 0. The molecule has 2 aromatic rings. The van der Waals surface area contributed by atoms with Crippen molar-refractivity contribution < 1.29 is 8.81 Å². The molecule has 18 heavy (non-hydrogen) atoms. The van der Waals surface area contributed by atoms with Crippen LogP contribution in [0.25, 0.3) is 11.3 Å². The van der Waals surface area contributed by atoms with Gasteiger partial charge in [-0.15, -0.1) is 0 Å². The molecule has 96 valence electrons. The van der Waals surface area contributed by atoms with Gasteiger partial charge in [0.2, 0.25) is 0 Å². The average molecular weight is 247 g/mol. The Morgan fingerprint density at radius 3 is 2.72 bits per heavy atom. The number of furan rings is 1. The minimum Gasteiger partial charge on any atom is -0.459 e. The second-order valence-electron chi connectivity index (χ2n) is 4.45. The first-order valence-corrected chi connectivity index (χ1v) is 6.21. The second-order valence-corrected chi connectivity index (χ2v) is 4.45. The molecule has 1 atom stereocenters. The van der Waals surface area contributed by atoms with Crippen molar-refractivity contribution in [2.45, 2.75) is 26.8 Å². The summed E-state index contributed by atoms with van der Waals surface area (Å²) in [7, 11) is 0. The van der Waals surface area contributed by atoms with Crippen LogP contribution in [0.4, 0.5) is 4.39 Å². The summed E-state index contributed by atoms with van der Waals surface area (Å²) in [5.41, 5.74) is 1.54. The van der Waals surface area contributed by atoms with E-state index in [0.717, 1.165) is 23.6 Å². The van der Waals surface area contributed by atoms with Gasteiger partial charge in [0.15, 0.2) is 0 Å². The zero-order chi connectivity index (χ0) is 13.1. The maximum absolute atomic E-state index is 13.2. The summed E-state index contributed by atoms with van der Waals surface area (Å²) in [6.07, 6.45) is 0. The van der Waals surface area contributed by atoms with Gasteiger partial charge in [-0.25, -0.2) is 4.39 Å². The lowest BCUT2D eigenvalue weighted by Gasteiger charge is -2.08. The Kier molecular flexibility index (Phi) is 3.82. The van der Waals surface area contributed by atoms with Crippen LogP contribution in [0.5, 0.6) is 0 Å². The summed E-state index contributed by atoms with van der Waals surface area (Å²) in [6.45, 7) is 6.77. The third kappa shape index (κ3) is 2.62. The SMILES string of the molecule is CCNC(C)c1ccc(-c2ccc(F)c(C)c2)o1. The number of aryl methyl sites for hydroxylation is 1. The van der Waals surface area contributed by atoms with E-state index in [1.807, 2.05) is 12.1 Å². The standard InChI is InChI=1S/C15H18FNO/c1-4-17-11(3)14-7-8-15(18-14)12-5-6-13(16)10(2)9-12/h5-9,11,17H,4H2,1-3H3. The van der Waals surface area contributed by atoms with Crippen LogP contribution in [0.3, 0.4) is 0 Å². The minimum atomic E-state index is -0.188.